The Morgan fingerprint density at radius 3 is 2.29 bits per heavy atom. The molecule has 0 aromatic carbocycles. The minimum absolute atomic E-state index is 0.233. The standard InChI is InChI=1S/C11H22ClNO/c1-9(2)10(3)13(4)11(14)7-5-6-8-12/h9-10H,5-8H2,1-4H3. The second-order valence-corrected chi connectivity index (χ2v) is 4.51. The van der Waals surface area contributed by atoms with Crippen molar-refractivity contribution in [2.24, 2.45) is 5.92 Å². The zero-order chi connectivity index (χ0) is 11.1. The van der Waals surface area contributed by atoms with Crippen molar-refractivity contribution in [3.8, 4) is 0 Å². The molecule has 0 aliphatic carbocycles. The first-order valence-corrected chi connectivity index (χ1v) is 5.85. The number of nitrogens with zero attached hydrogens (tertiary/aromatic N) is 1. The second-order valence-electron chi connectivity index (χ2n) is 4.14. The number of carbonyl (C=O) groups is 1. The minimum Gasteiger partial charge on any atom is -0.343 e. The molecule has 0 aliphatic rings. The molecule has 0 aromatic heterocycles. The predicted octanol–water partition coefficient (Wildman–Crippen LogP) is 2.90. The van der Waals surface area contributed by atoms with Gasteiger partial charge in [-0.25, -0.2) is 0 Å². The van der Waals surface area contributed by atoms with E-state index < -0.39 is 0 Å². The number of unbranched alkanes of at least 4 members (excludes halogenated alkanes) is 1. The lowest BCUT2D eigenvalue weighted by molar-refractivity contribution is -0.132. The molecule has 2 nitrogen and oxygen atoms in total. The van der Waals surface area contributed by atoms with Gasteiger partial charge in [-0.05, 0) is 25.7 Å². The van der Waals surface area contributed by atoms with Crippen LogP contribution in [0.2, 0.25) is 0 Å². The zero-order valence-corrected chi connectivity index (χ0v) is 10.5. The molecule has 1 unspecified atom stereocenters. The number of hydrogen-bond acceptors (Lipinski definition) is 1. The van der Waals surface area contributed by atoms with Crippen LogP contribution in [-0.2, 0) is 4.79 Å². The van der Waals surface area contributed by atoms with Gasteiger partial charge in [0.15, 0.2) is 0 Å². The van der Waals surface area contributed by atoms with Crippen molar-refractivity contribution in [2.75, 3.05) is 12.9 Å². The quantitative estimate of drug-likeness (QED) is 0.497. The van der Waals surface area contributed by atoms with Gasteiger partial charge in [0, 0.05) is 25.4 Å². The lowest BCUT2D eigenvalue weighted by atomic mass is 10.0. The van der Waals surface area contributed by atoms with Crippen molar-refractivity contribution in [1.29, 1.82) is 0 Å². The molecule has 3 heteroatoms. The van der Waals surface area contributed by atoms with Gasteiger partial charge >= 0.3 is 0 Å². The Bertz CT molecular complexity index is 171. The van der Waals surface area contributed by atoms with Crippen LogP contribution in [0.3, 0.4) is 0 Å². The Morgan fingerprint density at radius 2 is 1.86 bits per heavy atom. The SMILES string of the molecule is CC(C)C(C)N(C)C(=O)CCCCCl. The van der Waals surface area contributed by atoms with Crippen LogP contribution >= 0.6 is 11.6 Å². The van der Waals surface area contributed by atoms with Gasteiger partial charge in [0.25, 0.3) is 0 Å². The molecule has 0 saturated heterocycles. The van der Waals surface area contributed by atoms with Crippen molar-refractivity contribution in [1.82, 2.24) is 4.90 Å². The molecule has 0 fully saturated rings. The highest BCUT2D eigenvalue weighted by atomic mass is 35.5. The number of halogens is 1. The van der Waals surface area contributed by atoms with E-state index in [0.29, 0.717) is 24.3 Å². The van der Waals surface area contributed by atoms with E-state index in [-0.39, 0.29) is 5.91 Å². The average Bonchev–Trinajstić information content (AvgIpc) is 2.15. The molecule has 0 radical (unpaired) electrons. The molecule has 0 rings (SSSR count). The van der Waals surface area contributed by atoms with Gasteiger partial charge in [-0.3, -0.25) is 4.79 Å². The molecule has 0 aromatic rings. The Morgan fingerprint density at radius 1 is 1.29 bits per heavy atom. The van der Waals surface area contributed by atoms with Gasteiger partial charge in [-0.15, -0.1) is 11.6 Å². The molecular weight excluding hydrogens is 198 g/mol. The van der Waals surface area contributed by atoms with Crippen molar-refractivity contribution in [3.05, 3.63) is 0 Å². The maximum Gasteiger partial charge on any atom is 0.222 e. The summed E-state index contributed by atoms with van der Waals surface area (Å²) in [5, 5.41) is 0. The summed E-state index contributed by atoms with van der Waals surface area (Å²) in [6, 6.07) is 0.318. The number of alkyl halides is 1. The van der Waals surface area contributed by atoms with E-state index in [1.807, 2.05) is 11.9 Å². The first kappa shape index (κ1) is 13.8. The number of carbonyl (C=O) groups excluding carboxylic acids is 1. The maximum absolute atomic E-state index is 11.6. The van der Waals surface area contributed by atoms with E-state index in [4.69, 9.17) is 11.6 Å². The molecule has 0 saturated carbocycles. The molecule has 1 amide bonds. The topological polar surface area (TPSA) is 20.3 Å². The number of amides is 1. The first-order valence-electron chi connectivity index (χ1n) is 5.32. The monoisotopic (exact) mass is 219 g/mol. The normalized spacial score (nSPS) is 13.0. The molecule has 0 N–H and O–H groups in total. The van der Waals surface area contributed by atoms with Crippen molar-refractivity contribution >= 4 is 17.5 Å². The Balaban J connectivity index is 3.86. The largest absolute Gasteiger partial charge is 0.343 e. The molecule has 1 atom stereocenters. The number of hydrogen-bond donors (Lipinski definition) is 0. The highest BCUT2D eigenvalue weighted by molar-refractivity contribution is 6.17. The molecule has 0 bridgehead atoms. The molecule has 0 spiro atoms. The molecule has 14 heavy (non-hydrogen) atoms. The van der Waals surface area contributed by atoms with E-state index in [2.05, 4.69) is 20.8 Å². The van der Waals surface area contributed by atoms with E-state index in [1.165, 1.54) is 0 Å². The van der Waals surface area contributed by atoms with Crippen LogP contribution < -0.4 is 0 Å². The van der Waals surface area contributed by atoms with Crippen LogP contribution in [0, 0.1) is 5.92 Å². The van der Waals surface area contributed by atoms with Crippen LogP contribution in [0.1, 0.15) is 40.0 Å². The Labute approximate surface area is 92.6 Å². The van der Waals surface area contributed by atoms with Gasteiger partial charge in [0.05, 0.1) is 0 Å². The molecule has 0 aliphatic heterocycles. The fourth-order valence-electron chi connectivity index (χ4n) is 1.22. The van der Waals surface area contributed by atoms with Crippen LogP contribution in [0.15, 0.2) is 0 Å². The van der Waals surface area contributed by atoms with Gasteiger partial charge in [0.1, 0.15) is 0 Å². The lowest BCUT2D eigenvalue weighted by Crippen LogP contribution is -2.38. The Hall–Kier alpha value is -0.240. The van der Waals surface area contributed by atoms with E-state index in [1.54, 1.807) is 0 Å². The third kappa shape index (κ3) is 4.85. The van der Waals surface area contributed by atoms with Crippen LogP contribution in [0.4, 0.5) is 0 Å². The van der Waals surface area contributed by atoms with Crippen molar-refractivity contribution in [3.63, 3.8) is 0 Å². The van der Waals surface area contributed by atoms with Gasteiger partial charge in [-0.1, -0.05) is 13.8 Å². The first-order chi connectivity index (χ1) is 6.50. The summed E-state index contributed by atoms with van der Waals surface area (Å²) in [6.07, 6.45) is 2.45. The van der Waals surface area contributed by atoms with Gasteiger partial charge < -0.3 is 4.90 Å². The Kier molecular flexibility index (Phi) is 6.98. The summed E-state index contributed by atoms with van der Waals surface area (Å²) in [5.41, 5.74) is 0. The highest BCUT2D eigenvalue weighted by Crippen LogP contribution is 2.10. The summed E-state index contributed by atoms with van der Waals surface area (Å²) in [6.45, 7) is 6.35. The van der Waals surface area contributed by atoms with Crippen LogP contribution in [0.25, 0.3) is 0 Å². The van der Waals surface area contributed by atoms with E-state index in [9.17, 15) is 4.79 Å². The second kappa shape index (κ2) is 7.10. The third-order valence-electron chi connectivity index (χ3n) is 2.74. The molecule has 84 valence electrons. The summed E-state index contributed by atoms with van der Waals surface area (Å²) < 4.78 is 0. The number of rotatable bonds is 6. The van der Waals surface area contributed by atoms with E-state index >= 15 is 0 Å². The van der Waals surface area contributed by atoms with E-state index in [0.717, 1.165) is 12.8 Å². The van der Waals surface area contributed by atoms with Gasteiger partial charge in [-0.2, -0.15) is 0 Å². The highest BCUT2D eigenvalue weighted by Gasteiger charge is 2.17. The smallest absolute Gasteiger partial charge is 0.222 e. The minimum atomic E-state index is 0.233. The third-order valence-corrected chi connectivity index (χ3v) is 3.01. The molecular formula is C11H22ClNO. The summed E-state index contributed by atoms with van der Waals surface area (Å²) in [4.78, 5) is 13.5. The van der Waals surface area contributed by atoms with Gasteiger partial charge in [0.2, 0.25) is 5.91 Å². The van der Waals surface area contributed by atoms with Crippen molar-refractivity contribution in [2.45, 2.75) is 46.1 Å². The van der Waals surface area contributed by atoms with Crippen molar-refractivity contribution < 1.29 is 4.79 Å². The maximum atomic E-state index is 11.6. The fraction of sp³-hybridized carbons (Fsp3) is 0.909. The summed E-state index contributed by atoms with van der Waals surface area (Å²) in [7, 11) is 1.88. The predicted molar refractivity (Wildman–Crippen MR) is 61.6 cm³/mol. The average molecular weight is 220 g/mol. The van der Waals surface area contributed by atoms with Crippen LogP contribution in [-0.4, -0.2) is 29.8 Å². The van der Waals surface area contributed by atoms with Crippen LogP contribution in [0.5, 0.6) is 0 Å². The fourth-order valence-corrected chi connectivity index (χ4v) is 1.41. The molecule has 0 heterocycles. The summed E-state index contributed by atoms with van der Waals surface area (Å²) >= 11 is 5.55. The summed E-state index contributed by atoms with van der Waals surface area (Å²) in [5.74, 6) is 1.39. The zero-order valence-electron chi connectivity index (χ0n) is 9.72. The lowest BCUT2D eigenvalue weighted by Gasteiger charge is -2.28.